The molecule has 2 nitrogen and oxygen atoms in total. The molecule has 0 amide bonds. The lowest BCUT2D eigenvalue weighted by Crippen LogP contribution is -2.26. The molecule has 0 spiro atoms. The van der Waals surface area contributed by atoms with Crippen LogP contribution in [0.15, 0.2) is 47.8 Å². The SMILES string of the molecule is CC(NCC(=O)Cc1cccs1)c1ccccc1. The summed E-state index contributed by atoms with van der Waals surface area (Å²) in [7, 11) is 0. The van der Waals surface area contributed by atoms with Crippen LogP contribution >= 0.6 is 11.3 Å². The lowest BCUT2D eigenvalue weighted by atomic mass is 10.1. The maximum Gasteiger partial charge on any atom is 0.151 e. The molecule has 94 valence electrons. The first-order valence-electron chi connectivity index (χ1n) is 6.08. The van der Waals surface area contributed by atoms with E-state index in [1.807, 2.05) is 35.7 Å². The van der Waals surface area contributed by atoms with Crippen LogP contribution in [0.5, 0.6) is 0 Å². The van der Waals surface area contributed by atoms with Crippen LogP contribution in [0.2, 0.25) is 0 Å². The maximum atomic E-state index is 11.8. The van der Waals surface area contributed by atoms with Gasteiger partial charge in [-0.3, -0.25) is 4.79 Å². The first kappa shape index (κ1) is 13.0. The standard InChI is InChI=1S/C15H17NOS/c1-12(13-6-3-2-4-7-13)16-11-14(17)10-15-8-5-9-18-15/h2-9,12,16H,10-11H2,1H3. The summed E-state index contributed by atoms with van der Waals surface area (Å²) in [5.74, 6) is 0.236. The van der Waals surface area contributed by atoms with E-state index in [4.69, 9.17) is 0 Å². The molecule has 1 aromatic heterocycles. The van der Waals surface area contributed by atoms with Crippen molar-refractivity contribution in [2.24, 2.45) is 0 Å². The van der Waals surface area contributed by atoms with Crippen LogP contribution < -0.4 is 5.32 Å². The quantitative estimate of drug-likeness (QED) is 0.863. The second-order valence-electron chi connectivity index (χ2n) is 4.31. The maximum absolute atomic E-state index is 11.8. The van der Waals surface area contributed by atoms with Crippen molar-refractivity contribution in [2.45, 2.75) is 19.4 Å². The topological polar surface area (TPSA) is 29.1 Å². The van der Waals surface area contributed by atoms with Crippen molar-refractivity contribution in [3.8, 4) is 0 Å². The molecule has 0 radical (unpaired) electrons. The third kappa shape index (κ3) is 3.79. The van der Waals surface area contributed by atoms with Crippen molar-refractivity contribution in [2.75, 3.05) is 6.54 Å². The van der Waals surface area contributed by atoms with Gasteiger partial charge in [0.2, 0.25) is 0 Å². The van der Waals surface area contributed by atoms with Crippen LogP contribution in [0, 0.1) is 0 Å². The molecule has 2 rings (SSSR count). The second kappa shape index (κ2) is 6.47. The van der Waals surface area contributed by atoms with E-state index in [0.717, 1.165) is 4.88 Å². The lowest BCUT2D eigenvalue weighted by Gasteiger charge is -2.13. The largest absolute Gasteiger partial charge is 0.303 e. The number of carbonyl (C=O) groups excluding carboxylic acids is 1. The second-order valence-corrected chi connectivity index (χ2v) is 5.34. The van der Waals surface area contributed by atoms with Gasteiger partial charge in [-0.2, -0.15) is 0 Å². The van der Waals surface area contributed by atoms with Gasteiger partial charge in [0, 0.05) is 17.3 Å². The van der Waals surface area contributed by atoms with Crippen LogP contribution in [0.4, 0.5) is 0 Å². The molecule has 1 aromatic carbocycles. The summed E-state index contributed by atoms with van der Waals surface area (Å²) in [6.45, 7) is 2.50. The van der Waals surface area contributed by atoms with Gasteiger partial charge in [-0.05, 0) is 23.9 Å². The number of Topliss-reactive ketones (excluding diaryl/α,β-unsaturated/α-hetero) is 1. The summed E-state index contributed by atoms with van der Waals surface area (Å²) in [5.41, 5.74) is 1.21. The van der Waals surface area contributed by atoms with Crippen LogP contribution in [0.1, 0.15) is 23.4 Å². The molecule has 18 heavy (non-hydrogen) atoms. The zero-order valence-corrected chi connectivity index (χ0v) is 11.2. The molecule has 0 aliphatic heterocycles. The summed E-state index contributed by atoms with van der Waals surface area (Å²) < 4.78 is 0. The molecule has 0 fully saturated rings. The van der Waals surface area contributed by atoms with Crippen LogP contribution in [0.25, 0.3) is 0 Å². The van der Waals surface area contributed by atoms with Crippen molar-refractivity contribution < 1.29 is 4.79 Å². The monoisotopic (exact) mass is 259 g/mol. The highest BCUT2D eigenvalue weighted by atomic mass is 32.1. The minimum Gasteiger partial charge on any atom is -0.303 e. The van der Waals surface area contributed by atoms with E-state index in [0.29, 0.717) is 13.0 Å². The first-order chi connectivity index (χ1) is 8.75. The van der Waals surface area contributed by atoms with E-state index in [2.05, 4.69) is 24.4 Å². The Morgan fingerprint density at radius 1 is 1.22 bits per heavy atom. The number of carbonyl (C=O) groups is 1. The van der Waals surface area contributed by atoms with Crippen LogP contribution in [-0.4, -0.2) is 12.3 Å². The summed E-state index contributed by atoms with van der Waals surface area (Å²) in [6, 6.07) is 14.4. The molecule has 1 heterocycles. The van der Waals surface area contributed by atoms with Crippen molar-refractivity contribution in [3.05, 3.63) is 58.3 Å². The number of benzene rings is 1. The fourth-order valence-corrected chi connectivity index (χ4v) is 2.53. The molecular weight excluding hydrogens is 242 g/mol. The van der Waals surface area contributed by atoms with E-state index >= 15 is 0 Å². The van der Waals surface area contributed by atoms with Crippen molar-refractivity contribution in [1.29, 1.82) is 0 Å². The minimum atomic E-state index is 0.207. The van der Waals surface area contributed by atoms with Gasteiger partial charge in [0.25, 0.3) is 0 Å². The molecule has 0 saturated carbocycles. The molecule has 3 heteroatoms. The zero-order chi connectivity index (χ0) is 12.8. The number of nitrogens with one attached hydrogen (secondary N) is 1. The van der Waals surface area contributed by atoms with Gasteiger partial charge >= 0.3 is 0 Å². The van der Waals surface area contributed by atoms with E-state index < -0.39 is 0 Å². The number of ketones is 1. The smallest absolute Gasteiger partial charge is 0.151 e. The predicted molar refractivity (Wildman–Crippen MR) is 75.9 cm³/mol. The number of hydrogen-bond acceptors (Lipinski definition) is 3. The number of hydrogen-bond donors (Lipinski definition) is 1. The highest BCUT2D eigenvalue weighted by Crippen LogP contribution is 2.12. The molecule has 1 N–H and O–H groups in total. The van der Waals surface area contributed by atoms with Crippen LogP contribution in [0.3, 0.4) is 0 Å². The Kier molecular flexibility index (Phi) is 4.67. The van der Waals surface area contributed by atoms with Gasteiger partial charge in [0.05, 0.1) is 6.54 Å². The molecule has 0 aliphatic rings. The van der Waals surface area contributed by atoms with E-state index in [9.17, 15) is 4.79 Å². The molecular formula is C15H17NOS. The molecule has 0 aliphatic carbocycles. The van der Waals surface area contributed by atoms with Crippen LogP contribution in [-0.2, 0) is 11.2 Å². The molecule has 1 unspecified atom stereocenters. The Balaban J connectivity index is 1.79. The Morgan fingerprint density at radius 2 is 2.00 bits per heavy atom. The fraction of sp³-hybridized carbons (Fsp3) is 0.267. The highest BCUT2D eigenvalue weighted by Gasteiger charge is 2.08. The summed E-state index contributed by atoms with van der Waals surface area (Å²) >= 11 is 1.63. The molecule has 0 saturated heterocycles. The van der Waals surface area contributed by atoms with E-state index in [1.165, 1.54) is 5.56 Å². The summed E-state index contributed by atoms with van der Waals surface area (Å²) in [6.07, 6.45) is 0.534. The molecule has 2 aromatic rings. The minimum absolute atomic E-state index is 0.207. The average molecular weight is 259 g/mol. The third-order valence-electron chi connectivity index (χ3n) is 2.86. The molecule has 0 bridgehead atoms. The van der Waals surface area contributed by atoms with Gasteiger partial charge in [-0.25, -0.2) is 0 Å². The van der Waals surface area contributed by atoms with Gasteiger partial charge < -0.3 is 5.32 Å². The van der Waals surface area contributed by atoms with Crippen molar-refractivity contribution >= 4 is 17.1 Å². The van der Waals surface area contributed by atoms with E-state index in [1.54, 1.807) is 11.3 Å². The zero-order valence-electron chi connectivity index (χ0n) is 10.4. The Bertz CT molecular complexity index is 478. The lowest BCUT2D eigenvalue weighted by molar-refractivity contribution is -0.117. The van der Waals surface area contributed by atoms with E-state index in [-0.39, 0.29) is 11.8 Å². The summed E-state index contributed by atoms with van der Waals surface area (Å²) in [5, 5.41) is 5.27. The number of rotatable bonds is 6. The number of thiophene rings is 1. The van der Waals surface area contributed by atoms with Gasteiger partial charge in [0.1, 0.15) is 0 Å². The van der Waals surface area contributed by atoms with Crippen molar-refractivity contribution in [1.82, 2.24) is 5.32 Å². The first-order valence-corrected chi connectivity index (χ1v) is 6.96. The van der Waals surface area contributed by atoms with Crippen molar-refractivity contribution in [3.63, 3.8) is 0 Å². The Hall–Kier alpha value is -1.45. The Morgan fingerprint density at radius 3 is 2.67 bits per heavy atom. The van der Waals surface area contributed by atoms with Gasteiger partial charge in [-0.15, -0.1) is 11.3 Å². The molecule has 1 atom stereocenters. The normalized spacial score (nSPS) is 12.3. The fourth-order valence-electron chi connectivity index (χ4n) is 1.80. The third-order valence-corrected chi connectivity index (χ3v) is 3.73. The van der Waals surface area contributed by atoms with Gasteiger partial charge in [0.15, 0.2) is 5.78 Å². The predicted octanol–water partition coefficient (Wildman–Crippen LogP) is 3.21. The average Bonchev–Trinajstić information content (AvgIpc) is 2.90. The Labute approximate surface area is 112 Å². The summed E-state index contributed by atoms with van der Waals surface area (Å²) in [4.78, 5) is 12.9. The highest BCUT2D eigenvalue weighted by molar-refractivity contribution is 7.10. The van der Waals surface area contributed by atoms with Gasteiger partial charge in [-0.1, -0.05) is 36.4 Å².